The normalized spacial score (nSPS) is 12.1. The van der Waals surface area contributed by atoms with Gasteiger partial charge in [0.1, 0.15) is 11.2 Å². The molecular formula is C14H8BrNO. The van der Waals surface area contributed by atoms with Crippen LogP contribution >= 0.6 is 15.9 Å². The third-order valence-corrected chi connectivity index (χ3v) is 3.93. The SMILES string of the molecule is Nc1cc2c(cc1Br)c1oc2c2ccccc21. The largest absolute Gasteiger partial charge is 0.455 e. The van der Waals surface area contributed by atoms with Gasteiger partial charge in [-0.15, -0.1) is 0 Å². The first-order valence-electron chi connectivity index (χ1n) is 5.37. The zero-order valence-electron chi connectivity index (χ0n) is 8.83. The highest BCUT2D eigenvalue weighted by atomic mass is 79.9. The summed E-state index contributed by atoms with van der Waals surface area (Å²) in [4.78, 5) is 0. The standard InChI is InChI=1S/C14H8BrNO/c15-11-5-9-10(6-12(11)16)14-8-4-2-1-3-7(8)13(9)17-14/h1-6H,16H2. The van der Waals surface area contributed by atoms with Crippen LogP contribution in [0.2, 0.25) is 0 Å². The van der Waals surface area contributed by atoms with Gasteiger partial charge in [-0.25, -0.2) is 0 Å². The fourth-order valence-electron chi connectivity index (χ4n) is 2.46. The quantitative estimate of drug-likeness (QED) is 0.381. The van der Waals surface area contributed by atoms with Crippen molar-refractivity contribution < 1.29 is 4.42 Å². The molecule has 82 valence electrons. The second kappa shape index (κ2) is 2.93. The summed E-state index contributed by atoms with van der Waals surface area (Å²) in [6.07, 6.45) is 0. The summed E-state index contributed by atoms with van der Waals surface area (Å²) in [6.45, 7) is 0. The van der Waals surface area contributed by atoms with Crippen LogP contribution in [0.25, 0.3) is 32.7 Å². The smallest absolute Gasteiger partial charge is 0.143 e. The summed E-state index contributed by atoms with van der Waals surface area (Å²) in [7, 11) is 0. The van der Waals surface area contributed by atoms with E-state index in [2.05, 4.69) is 28.1 Å². The third kappa shape index (κ3) is 1.05. The van der Waals surface area contributed by atoms with Gasteiger partial charge in [-0.05, 0) is 28.1 Å². The topological polar surface area (TPSA) is 39.2 Å². The van der Waals surface area contributed by atoms with Crippen molar-refractivity contribution >= 4 is 54.3 Å². The third-order valence-electron chi connectivity index (χ3n) is 3.25. The second-order valence-electron chi connectivity index (χ2n) is 4.23. The molecule has 0 aliphatic heterocycles. The first-order valence-corrected chi connectivity index (χ1v) is 6.16. The van der Waals surface area contributed by atoms with E-state index >= 15 is 0 Å². The summed E-state index contributed by atoms with van der Waals surface area (Å²) >= 11 is 3.46. The first kappa shape index (κ1) is 9.31. The highest BCUT2D eigenvalue weighted by Gasteiger charge is 2.17. The Bertz CT molecular complexity index is 793. The maximum absolute atomic E-state index is 5.92. The van der Waals surface area contributed by atoms with E-state index in [1.165, 1.54) is 5.39 Å². The molecule has 0 unspecified atom stereocenters. The molecule has 2 aromatic heterocycles. The predicted octanol–water partition coefficient (Wildman–Crippen LogP) is 4.52. The number of rotatable bonds is 0. The van der Waals surface area contributed by atoms with Gasteiger partial charge in [0.2, 0.25) is 0 Å². The molecule has 0 aliphatic rings. The molecule has 2 heterocycles. The molecule has 0 spiro atoms. The van der Waals surface area contributed by atoms with Crippen LogP contribution < -0.4 is 5.73 Å². The fraction of sp³-hybridized carbons (Fsp3) is 0. The Morgan fingerprint density at radius 2 is 1.47 bits per heavy atom. The van der Waals surface area contributed by atoms with E-state index in [9.17, 15) is 0 Å². The van der Waals surface area contributed by atoms with Crippen molar-refractivity contribution in [1.29, 1.82) is 0 Å². The lowest BCUT2D eigenvalue weighted by atomic mass is 10.0. The summed E-state index contributed by atoms with van der Waals surface area (Å²) < 4.78 is 6.79. The van der Waals surface area contributed by atoms with E-state index in [4.69, 9.17) is 10.2 Å². The zero-order chi connectivity index (χ0) is 11.6. The Morgan fingerprint density at radius 1 is 0.882 bits per heavy atom. The molecule has 0 aliphatic carbocycles. The highest BCUT2D eigenvalue weighted by molar-refractivity contribution is 9.10. The summed E-state index contributed by atoms with van der Waals surface area (Å²) in [5.41, 5.74) is 8.55. The lowest BCUT2D eigenvalue weighted by Gasteiger charge is -2.01. The van der Waals surface area contributed by atoms with Crippen LogP contribution in [-0.4, -0.2) is 0 Å². The van der Waals surface area contributed by atoms with Crippen LogP contribution in [-0.2, 0) is 0 Å². The average Bonchev–Trinajstić information content (AvgIpc) is 2.87. The summed E-state index contributed by atoms with van der Waals surface area (Å²) in [5.74, 6) is 0. The maximum Gasteiger partial charge on any atom is 0.143 e. The number of halogens is 1. The minimum absolute atomic E-state index is 0.741. The van der Waals surface area contributed by atoms with Gasteiger partial charge in [0.25, 0.3) is 0 Å². The van der Waals surface area contributed by atoms with Crippen molar-refractivity contribution in [3.05, 3.63) is 40.9 Å². The molecule has 4 rings (SSSR count). The molecular weight excluding hydrogens is 278 g/mol. The minimum Gasteiger partial charge on any atom is -0.455 e. The molecule has 0 amide bonds. The predicted molar refractivity (Wildman–Crippen MR) is 74.5 cm³/mol. The molecule has 2 N–H and O–H groups in total. The van der Waals surface area contributed by atoms with Crippen LogP contribution in [0.4, 0.5) is 5.69 Å². The molecule has 2 aromatic carbocycles. The van der Waals surface area contributed by atoms with Crippen molar-refractivity contribution in [2.75, 3.05) is 5.73 Å². The Labute approximate surface area is 105 Å². The number of hydrogen-bond acceptors (Lipinski definition) is 2. The Hall–Kier alpha value is -1.74. The molecule has 3 heteroatoms. The van der Waals surface area contributed by atoms with Crippen molar-refractivity contribution in [1.82, 2.24) is 0 Å². The molecule has 0 saturated carbocycles. The van der Waals surface area contributed by atoms with Gasteiger partial charge in [0.05, 0.1) is 0 Å². The van der Waals surface area contributed by atoms with Gasteiger partial charge in [-0.1, -0.05) is 24.3 Å². The van der Waals surface area contributed by atoms with Crippen LogP contribution in [0.5, 0.6) is 0 Å². The lowest BCUT2D eigenvalue weighted by molar-refractivity contribution is 0.682. The zero-order valence-corrected chi connectivity index (χ0v) is 10.4. The number of furan rings is 2. The maximum atomic E-state index is 5.92. The van der Waals surface area contributed by atoms with Gasteiger partial charge in [-0.2, -0.15) is 0 Å². The van der Waals surface area contributed by atoms with E-state index in [1.807, 2.05) is 24.3 Å². The van der Waals surface area contributed by atoms with E-state index in [1.54, 1.807) is 0 Å². The van der Waals surface area contributed by atoms with Crippen molar-refractivity contribution in [3.8, 4) is 0 Å². The average molecular weight is 286 g/mol. The van der Waals surface area contributed by atoms with Gasteiger partial charge < -0.3 is 10.2 Å². The summed E-state index contributed by atoms with van der Waals surface area (Å²) in [5, 5.41) is 4.56. The van der Waals surface area contributed by atoms with E-state index in [0.29, 0.717) is 0 Å². The second-order valence-corrected chi connectivity index (χ2v) is 5.08. The lowest BCUT2D eigenvalue weighted by Crippen LogP contribution is -1.86. The monoisotopic (exact) mass is 285 g/mol. The Morgan fingerprint density at radius 3 is 2.12 bits per heavy atom. The molecule has 2 nitrogen and oxygen atoms in total. The number of benzene rings is 3. The van der Waals surface area contributed by atoms with Crippen LogP contribution in [0.1, 0.15) is 0 Å². The van der Waals surface area contributed by atoms with E-state index in [0.717, 1.165) is 37.5 Å². The molecule has 4 aromatic rings. The summed E-state index contributed by atoms with van der Waals surface area (Å²) in [6, 6.07) is 12.2. The number of hydrogen-bond donors (Lipinski definition) is 1. The Kier molecular flexibility index (Phi) is 1.60. The number of fused-ring (bicyclic) bond motifs is 8. The molecule has 0 radical (unpaired) electrons. The van der Waals surface area contributed by atoms with Crippen molar-refractivity contribution in [2.45, 2.75) is 0 Å². The van der Waals surface area contributed by atoms with E-state index < -0.39 is 0 Å². The molecule has 0 fully saturated rings. The van der Waals surface area contributed by atoms with Gasteiger partial charge in [-0.3, -0.25) is 0 Å². The van der Waals surface area contributed by atoms with Gasteiger partial charge in [0.15, 0.2) is 0 Å². The van der Waals surface area contributed by atoms with Crippen LogP contribution in [0.15, 0.2) is 45.3 Å². The van der Waals surface area contributed by atoms with Crippen LogP contribution in [0.3, 0.4) is 0 Å². The number of nitrogens with two attached hydrogens (primary N) is 1. The van der Waals surface area contributed by atoms with Gasteiger partial charge in [0, 0.05) is 31.7 Å². The Balaban J connectivity index is 2.35. The molecule has 2 bridgehead atoms. The van der Waals surface area contributed by atoms with Crippen LogP contribution in [0, 0.1) is 0 Å². The molecule has 0 atom stereocenters. The highest BCUT2D eigenvalue weighted by Crippen LogP contribution is 2.42. The van der Waals surface area contributed by atoms with E-state index in [-0.39, 0.29) is 0 Å². The fourth-order valence-corrected chi connectivity index (χ4v) is 2.80. The molecule has 17 heavy (non-hydrogen) atoms. The van der Waals surface area contributed by atoms with Crippen molar-refractivity contribution in [2.24, 2.45) is 0 Å². The van der Waals surface area contributed by atoms with Gasteiger partial charge >= 0.3 is 0 Å². The minimum atomic E-state index is 0.741. The molecule has 0 saturated heterocycles. The number of nitrogen functional groups attached to an aromatic ring is 1. The van der Waals surface area contributed by atoms with Crippen molar-refractivity contribution in [3.63, 3.8) is 0 Å². The number of anilines is 1. The first-order chi connectivity index (χ1) is 8.25.